The number of piperazine rings is 1. The van der Waals surface area contributed by atoms with Gasteiger partial charge < -0.3 is 29.0 Å². The number of nitrogens with one attached hydrogen (secondary N) is 2. The summed E-state index contributed by atoms with van der Waals surface area (Å²) in [6.45, 7) is 6.46. The Labute approximate surface area is 225 Å². The predicted molar refractivity (Wildman–Crippen MR) is 145 cm³/mol. The van der Waals surface area contributed by atoms with Gasteiger partial charge in [-0.15, -0.1) is 0 Å². The van der Waals surface area contributed by atoms with Crippen molar-refractivity contribution in [1.29, 1.82) is 0 Å². The minimum Gasteiger partial charge on any atom is -0.485 e. The van der Waals surface area contributed by atoms with E-state index in [0.717, 1.165) is 17.1 Å². The molecule has 0 aliphatic carbocycles. The fourth-order valence-corrected chi connectivity index (χ4v) is 4.41. The number of fused-ring (bicyclic) bond motifs is 1. The van der Waals surface area contributed by atoms with Crippen molar-refractivity contribution in [3.05, 3.63) is 65.9 Å². The number of aliphatic imine (C=N–C) groups is 1. The van der Waals surface area contributed by atoms with Crippen LogP contribution in [0.3, 0.4) is 0 Å². The van der Waals surface area contributed by atoms with Gasteiger partial charge in [-0.1, -0.05) is 12.1 Å². The van der Waals surface area contributed by atoms with E-state index in [9.17, 15) is 4.79 Å². The fraction of sp³-hybridized carbons (Fsp3) is 0.346. The Bertz CT molecular complexity index is 1300. The SMILES string of the molecule is Cc1cc(C)nc(N/C(=N/C(=S)NCc2ccco2)N2CCN(C(=O)C3COc4ccccc4O3)CC2)n1. The van der Waals surface area contributed by atoms with Gasteiger partial charge in [-0.2, -0.15) is 4.99 Å². The van der Waals surface area contributed by atoms with E-state index in [2.05, 4.69) is 25.6 Å². The Balaban J connectivity index is 1.25. The number of ether oxygens (including phenoxy) is 2. The summed E-state index contributed by atoms with van der Waals surface area (Å²) >= 11 is 5.48. The smallest absolute Gasteiger partial charge is 0.267 e. The molecule has 2 aromatic heterocycles. The van der Waals surface area contributed by atoms with E-state index in [-0.39, 0.29) is 12.5 Å². The van der Waals surface area contributed by atoms with Gasteiger partial charge in [0.1, 0.15) is 12.4 Å². The minimum atomic E-state index is -0.676. The van der Waals surface area contributed by atoms with Crippen LogP contribution in [0.1, 0.15) is 17.1 Å². The van der Waals surface area contributed by atoms with Crippen LogP contribution in [-0.4, -0.2) is 75.6 Å². The second kappa shape index (κ2) is 11.5. The average Bonchev–Trinajstić information content (AvgIpc) is 3.44. The minimum absolute atomic E-state index is 0.0983. The van der Waals surface area contributed by atoms with Gasteiger partial charge in [0.2, 0.25) is 18.0 Å². The topological polar surface area (TPSA) is 117 Å². The molecule has 0 saturated carbocycles. The zero-order chi connectivity index (χ0) is 26.5. The quantitative estimate of drug-likeness (QED) is 0.293. The standard InChI is InChI=1S/C26H29N7O4S/c1-17-14-18(2)29-24(28-17)30-25(31-26(38)27-15-19-6-5-13-35-19)33-11-9-32(10-12-33)23(34)22-16-36-20-7-3-4-8-21(20)37-22/h3-8,13-14,22H,9-12,15-16H2,1-2H3,(H2,27,28,29,30,31,38). The van der Waals surface area contributed by atoms with Crippen LogP contribution >= 0.6 is 12.2 Å². The van der Waals surface area contributed by atoms with Gasteiger partial charge in [0, 0.05) is 37.6 Å². The number of anilines is 1. The van der Waals surface area contributed by atoms with Gasteiger partial charge >= 0.3 is 0 Å². The molecule has 12 heteroatoms. The van der Waals surface area contributed by atoms with Crippen LogP contribution in [0.2, 0.25) is 0 Å². The van der Waals surface area contributed by atoms with Crippen molar-refractivity contribution in [1.82, 2.24) is 25.1 Å². The Hall–Kier alpha value is -4.19. The van der Waals surface area contributed by atoms with Crippen molar-refractivity contribution in [2.75, 3.05) is 38.1 Å². The maximum absolute atomic E-state index is 13.2. The predicted octanol–water partition coefficient (Wildman–Crippen LogP) is 2.51. The molecule has 5 rings (SSSR count). The summed E-state index contributed by atoms with van der Waals surface area (Å²) in [7, 11) is 0. The maximum Gasteiger partial charge on any atom is 0.267 e. The molecule has 1 saturated heterocycles. The molecule has 38 heavy (non-hydrogen) atoms. The van der Waals surface area contributed by atoms with Crippen LogP contribution in [-0.2, 0) is 11.3 Å². The summed E-state index contributed by atoms with van der Waals surface area (Å²) in [5, 5.41) is 6.61. The number of hydrogen-bond acceptors (Lipinski definition) is 7. The number of rotatable bonds is 4. The fourth-order valence-electron chi connectivity index (χ4n) is 4.25. The molecular weight excluding hydrogens is 506 g/mol. The highest BCUT2D eigenvalue weighted by atomic mass is 32.1. The number of thiocarbonyl (C=S) groups is 1. The summed E-state index contributed by atoms with van der Waals surface area (Å²) in [6.07, 6.45) is 0.933. The number of hydrogen-bond donors (Lipinski definition) is 2. The number of para-hydroxylation sites is 2. The van der Waals surface area contributed by atoms with Gasteiger partial charge in [0.05, 0.1) is 12.8 Å². The van der Waals surface area contributed by atoms with E-state index in [0.29, 0.717) is 61.2 Å². The molecule has 4 heterocycles. The number of aromatic nitrogens is 2. The number of carbonyl (C=O) groups is 1. The van der Waals surface area contributed by atoms with Crippen molar-refractivity contribution < 1.29 is 18.7 Å². The zero-order valence-electron chi connectivity index (χ0n) is 21.2. The third-order valence-electron chi connectivity index (χ3n) is 6.08. The molecule has 2 aliphatic rings. The summed E-state index contributed by atoms with van der Waals surface area (Å²) < 4.78 is 17.0. The first kappa shape index (κ1) is 25.5. The van der Waals surface area contributed by atoms with E-state index in [1.165, 1.54) is 0 Å². The molecule has 3 aromatic rings. The van der Waals surface area contributed by atoms with E-state index >= 15 is 0 Å². The number of guanidine groups is 1. The lowest BCUT2D eigenvalue weighted by molar-refractivity contribution is -0.142. The molecule has 0 radical (unpaired) electrons. The van der Waals surface area contributed by atoms with Crippen molar-refractivity contribution in [3.8, 4) is 11.5 Å². The number of benzene rings is 1. The van der Waals surface area contributed by atoms with E-state index in [4.69, 9.17) is 26.1 Å². The maximum atomic E-state index is 13.2. The molecule has 198 valence electrons. The lowest BCUT2D eigenvalue weighted by atomic mass is 10.2. The second-order valence-electron chi connectivity index (χ2n) is 8.95. The molecule has 2 N–H and O–H groups in total. The van der Waals surface area contributed by atoms with E-state index in [1.54, 1.807) is 17.2 Å². The molecule has 1 atom stereocenters. The summed E-state index contributed by atoms with van der Waals surface area (Å²) in [5.41, 5.74) is 1.68. The number of aryl methyl sites for hydroxylation is 2. The molecule has 1 unspecified atom stereocenters. The number of furan rings is 1. The first-order valence-corrected chi connectivity index (χ1v) is 12.8. The molecule has 0 spiro atoms. The van der Waals surface area contributed by atoms with Crippen LogP contribution in [0.5, 0.6) is 11.5 Å². The third-order valence-corrected chi connectivity index (χ3v) is 6.32. The van der Waals surface area contributed by atoms with Crippen LogP contribution < -0.4 is 20.1 Å². The monoisotopic (exact) mass is 535 g/mol. The van der Waals surface area contributed by atoms with Crippen molar-refractivity contribution in [2.24, 2.45) is 4.99 Å². The Morgan fingerprint density at radius 1 is 1.05 bits per heavy atom. The normalized spacial score (nSPS) is 17.2. The molecule has 1 fully saturated rings. The Kier molecular flexibility index (Phi) is 7.68. The summed E-state index contributed by atoms with van der Waals surface area (Å²) in [5.74, 6) is 2.82. The van der Waals surface area contributed by atoms with Crippen LogP contribution in [0.25, 0.3) is 0 Å². The van der Waals surface area contributed by atoms with Gasteiger partial charge in [-0.25, -0.2) is 9.97 Å². The van der Waals surface area contributed by atoms with Crippen molar-refractivity contribution in [2.45, 2.75) is 26.5 Å². The van der Waals surface area contributed by atoms with E-state index < -0.39 is 6.10 Å². The highest BCUT2D eigenvalue weighted by Crippen LogP contribution is 2.31. The van der Waals surface area contributed by atoms with Gasteiger partial charge in [-0.05, 0) is 56.4 Å². The third kappa shape index (κ3) is 6.20. The zero-order valence-corrected chi connectivity index (χ0v) is 22.0. The molecular formula is C26H29N7O4S. The van der Waals surface area contributed by atoms with E-state index in [1.807, 2.05) is 55.1 Å². The summed E-state index contributed by atoms with van der Waals surface area (Å²) in [4.78, 5) is 30.6. The van der Waals surface area contributed by atoms with Gasteiger partial charge in [-0.3, -0.25) is 10.1 Å². The van der Waals surface area contributed by atoms with Gasteiger partial charge in [0.15, 0.2) is 16.6 Å². The molecule has 2 aliphatic heterocycles. The van der Waals surface area contributed by atoms with Crippen molar-refractivity contribution >= 4 is 35.1 Å². The second-order valence-corrected chi connectivity index (χ2v) is 9.34. The molecule has 1 aromatic carbocycles. The first-order valence-electron chi connectivity index (χ1n) is 12.3. The molecule has 1 amide bonds. The Morgan fingerprint density at radius 3 is 2.47 bits per heavy atom. The van der Waals surface area contributed by atoms with Crippen LogP contribution in [0.15, 0.2) is 58.1 Å². The average molecular weight is 536 g/mol. The lowest BCUT2D eigenvalue weighted by Gasteiger charge is -2.38. The molecule has 11 nitrogen and oxygen atoms in total. The van der Waals surface area contributed by atoms with Crippen LogP contribution in [0, 0.1) is 13.8 Å². The lowest BCUT2D eigenvalue weighted by Crippen LogP contribution is -2.56. The van der Waals surface area contributed by atoms with Crippen molar-refractivity contribution in [3.63, 3.8) is 0 Å². The largest absolute Gasteiger partial charge is 0.485 e. The number of carbonyl (C=O) groups excluding carboxylic acids is 1. The number of amides is 1. The first-order chi connectivity index (χ1) is 18.4. The number of nitrogens with zero attached hydrogens (tertiary/aromatic N) is 5. The highest BCUT2D eigenvalue weighted by Gasteiger charge is 2.33. The van der Waals surface area contributed by atoms with Gasteiger partial charge in [0.25, 0.3) is 5.91 Å². The highest BCUT2D eigenvalue weighted by molar-refractivity contribution is 7.80. The summed E-state index contributed by atoms with van der Waals surface area (Å²) in [6, 6.07) is 12.9. The molecule has 0 bridgehead atoms. The van der Waals surface area contributed by atoms with Crippen LogP contribution in [0.4, 0.5) is 5.95 Å². The Morgan fingerprint density at radius 2 is 1.76 bits per heavy atom.